The molecule has 3 rings (SSSR count). The van der Waals surface area contributed by atoms with Crippen molar-refractivity contribution in [3.05, 3.63) is 59.7 Å². The fourth-order valence-corrected chi connectivity index (χ4v) is 3.39. The Labute approximate surface area is 180 Å². The van der Waals surface area contributed by atoms with Gasteiger partial charge in [0.05, 0.1) is 24.9 Å². The Balaban J connectivity index is 1.49. The molecule has 0 saturated carbocycles. The minimum absolute atomic E-state index is 0.221. The minimum Gasteiger partial charge on any atom is -0.495 e. The van der Waals surface area contributed by atoms with Crippen LogP contribution in [0.15, 0.2) is 53.5 Å². The number of anilines is 1. The van der Waals surface area contributed by atoms with E-state index in [2.05, 4.69) is 32.4 Å². The van der Waals surface area contributed by atoms with Crippen molar-refractivity contribution < 1.29 is 17.9 Å². The molecule has 0 aliphatic carbocycles. The van der Waals surface area contributed by atoms with E-state index < -0.39 is 11.7 Å². The van der Waals surface area contributed by atoms with Crippen molar-refractivity contribution in [2.45, 2.75) is 18.6 Å². The van der Waals surface area contributed by atoms with E-state index in [1.54, 1.807) is 14.2 Å². The van der Waals surface area contributed by atoms with Gasteiger partial charge in [-0.25, -0.2) is 0 Å². The average molecular weight is 430 g/mol. The highest BCUT2D eigenvalue weighted by molar-refractivity contribution is 5.80. The van der Waals surface area contributed by atoms with E-state index >= 15 is 0 Å². The molecule has 0 amide bonds. The molecule has 0 radical (unpaired) electrons. The summed E-state index contributed by atoms with van der Waals surface area (Å²) in [5, 5.41) is 6.51. The molecule has 0 bridgehead atoms. The molecule has 5 nitrogen and oxygen atoms in total. The Morgan fingerprint density at radius 2 is 1.94 bits per heavy atom. The summed E-state index contributed by atoms with van der Waals surface area (Å²) in [6, 6.07) is 13.0. The lowest BCUT2D eigenvalue weighted by molar-refractivity contribution is -0.137. The van der Waals surface area contributed by atoms with Gasteiger partial charge >= 0.3 is 6.18 Å². The summed E-state index contributed by atoms with van der Waals surface area (Å²) in [6.07, 6.45) is -3.39. The zero-order valence-electron chi connectivity index (χ0n) is 17.5. The maximum atomic E-state index is 12.6. The van der Waals surface area contributed by atoms with Gasteiger partial charge in [-0.05, 0) is 42.8 Å². The fraction of sp³-hybridized carbons (Fsp3) is 0.348. The summed E-state index contributed by atoms with van der Waals surface area (Å²) >= 11 is 0. The number of hydrogen-bond donors (Lipinski definition) is 2. The van der Waals surface area contributed by atoms with Crippen LogP contribution in [0.25, 0.3) is 0 Å². The van der Waals surface area contributed by atoms with Crippen molar-refractivity contribution in [2.24, 2.45) is 4.99 Å². The number of ether oxygens (including phenoxy) is 1. The Morgan fingerprint density at radius 1 is 1.19 bits per heavy atom. The van der Waals surface area contributed by atoms with E-state index in [-0.39, 0.29) is 6.04 Å². The van der Waals surface area contributed by atoms with Gasteiger partial charge in [0.15, 0.2) is 5.96 Å². The normalized spacial score (nSPS) is 16.5. The van der Waals surface area contributed by atoms with Crippen LogP contribution in [-0.2, 0) is 6.18 Å². The number of benzene rings is 2. The van der Waals surface area contributed by atoms with Crippen LogP contribution in [0.5, 0.6) is 5.75 Å². The van der Waals surface area contributed by atoms with Gasteiger partial charge in [0.2, 0.25) is 0 Å². The monoisotopic (exact) mass is 430 g/mol. The molecule has 2 aromatic rings. The number of halogens is 3. The van der Waals surface area contributed by atoms with Crippen molar-refractivity contribution >= 4 is 11.6 Å². The van der Waals surface area contributed by atoms with Crippen LogP contribution < -0.4 is 20.3 Å². The number of methoxy groups -OCH3 is 1. The number of nitrogens with zero attached hydrogens (tertiary/aromatic N) is 2. The molecular weight excluding hydrogens is 405 g/mol. The van der Waals surface area contributed by atoms with Crippen molar-refractivity contribution in [1.82, 2.24) is 10.6 Å². The summed E-state index contributed by atoms with van der Waals surface area (Å²) in [4.78, 5) is 6.50. The van der Waals surface area contributed by atoms with Gasteiger partial charge in [-0.2, -0.15) is 13.2 Å². The second kappa shape index (κ2) is 10.1. The van der Waals surface area contributed by atoms with Crippen molar-refractivity contribution in [2.75, 3.05) is 38.7 Å². The van der Waals surface area contributed by atoms with E-state index in [4.69, 9.17) is 4.74 Å². The molecule has 1 aliphatic rings. The molecule has 1 aliphatic heterocycles. The van der Waals surface area contributed by atoms with Gasteiger partial charge in [0, 0.05) is 31.7 Å². The first kappa shape index (κ1) is 22.3. The smallest absolute Gasteiger partial charge is 0.416 e. The lowest BCUT2D eigenvalue weighted by Gasteiger charge is -2.22. The number of alkyl halides is 3. The van der Waals surface area contributed by atoms with Crippen LogP contribution in [0.3, 0.4) is 0 Å². The van der Waals surface area contributed by atoms with Gasteiger partial charge in [0.25, 0.3) is 0 Å². The molecule has 1 heterocycles. The Morgan fingerprint density at radius 3 is 2.61 bits per heavy atom. The van der Waals surface area contributed by atoms with Gasteiger partial charge in [0.1, 0.15) is 5.75 Å². The fourth-order valence-electron chi connectivity index (χ4n) is 3.39. The van der Waals surface area contributed by atoms with E-state index in [0.29, 0.717) is 18.1 Å². The zero-order valence-corrected chi connectivity index (χ0v) is 17.5. The quantitative estimate of drug-likeness (QED) is 0.443. The average Bonchev–Trinajstić information content (AvgIpc) is 3.23. The van der Waals surface area contributed by atoms with Crippen LogP contribution in [0, 0.1) is 11.8 Å². The molecule has 1 unspecified atom stereocenters. The zero-order chi connectivity index (χ0) is 22.3. The highest BCUT2D eigenvalue weighted by Gasteiger charge is 2.29. The Kier molecular flexibility index (Phi) is 7.29. The largest absolute Gasteiger partial charge is 0.495 e. The second-order valence-electron chi connectivity index (χ2n) is 7.05. The minimum atomic E-state index is -4.34. The molecule has 2 N–H and O–H groups in total. The van der Waals surface area contributed by atoms with Gasteiger partial charge in [-0.15, -0.1) is 0 Å². The molecule has 2 aromatic carbocycles. The molecule has 0 spiro atoms. The Hall–Kier alpha value is -3.34. The standard InChI is InChI=1S/C23H25F3N4O/c1-27-22(28-14-5-6-17-9-11-18(12-10-17)23(24,25)26)29-19-13-15-30(16-19)20-7-3-4-8-21(20)31-2/h3-4,7-12,19H,13-16H2,1-2H3,(H2,27,28,29). The molecule has 0 aromatic heterocycles. The van der Waals surface area contributed by atoms with Crippen LogP contribution in [-0.4, -0.2) is 45.8 Å². The van der Waals surface area contributed by atoms with Crippen molar-refractivity contribution in [1.29, 1.82) is 0 Å². The molecule has 1 saturated heterocycles. The van der Waals surface area contributed by atoms with E-state index in [1.807, 2.05) is 24.3 Å². The molecule has 31 heavy (non-hydrogen) atoms. The second-order valence-corrected chi connectivity index (χ2v) is 7.05. The van der Waals surface area contributed by atoms with Crippen LogP contribution in [0.1, 0.15) is 17.5 Å². The number of aliphatic imine (C=N–C) groups is 1. The third kappa shape index (κ3) is 6.07. The first-order valence-electron chi connectivity index (χ1n) is 9.92. The van der Waals surface area contributed by atoms with Crippen LogP contribution in [0.2, 0.25) is 0 Å². The SMILES string of the molecule is CN=C(NCC#Cc1ccc(C(F)(F)F)cc1)NC1CCN(c2ccccc2OC)C1. The number of para-hydroxylation sites is 2. The van der Waals surface area contributed by atoms with Crippen molar-refractivity contribution in [3.63, 3.8) is 0 Å². The highest BCUT2D eigenvalue weighted by Crippen LogP contribution is 2.30. The number of rotatable bonds is 4. The van der Waals surface area contributed by atoms with E-state index in [0.717, 1.165) is 43.1 Å². The third-order valence-electron chi connectivity index (χ3n) is 4.97. The van der Waals surface area contributed by atoms with Crippen LogP contribution >= 0.6 is 0 Å². The first-order chi connectivity index (χ1) is 14.9. The van der Waals surface area contributed by atoms with E-state index in [9.17, 15) is 13.2 Å². The number of guanidine groups is 1. The maximum Gasteiger partial charge on any atom is 0.416 e. The lowest BCUT2D eigenvalue weighted by Crippen LogP contribution is -2.44. The highest BCUT2D eigenvalue weighted by atomic mass is 19.4. The molecule has 1 atom stereocenters. The van der Waals surface area contributed by atoms with Gasteiger partial charge in [-0.3, -0.25) is 4.99 Å². The number of hydrogen-bond acceptors (Lipinski definition) is 3. The maximum absolute atomic E-state index is 12.6. The van der Waals surface area contributed by atoms with Crippen molar-refractivity contribution in [3.8, 4) is 17.6 Å². The predicted octanol–water partition coefficient (Wildman–Crippen LogP) is 3.51. The first-order valence-corrected chi connectivity index (χ1v) is 9.92. The lowest BCUT2D eigenvalue weighted by atomic mass is 10.1. The molecule has 8 heteroatoms. The summed E-state index contributed by atoms with van der Waals surface area (Å²) in [5.74, 6) is 7.25. The predicted molar refractivity (Wildman–Crippen MR) is 116 cm³/mol. The molecule has 1 fully saturated rings. The van der Waals surface area contributed by atoms with Crippen LogP contribution in [0.4, 0.5) is 18.9 Å². The summed E-state index contributed by atoms with van der Waals surface area (Å²) in [6.45, 7) is 2.05. The van der Waals surface area contributed by atoms with Gasteiger partial charge in [-0.1, -0.05) is 24.0 Å². The topological polar surface area (TPSA) is 48.9 Å². The summed E-state index contributed by atoms with van der Waals surface area (Å²) < 4.78 is 43.3. The Bertz CT molecular complexity index is 961. The van der Waals surface area contributed by atoms with E-state index in [1.165, 1.54) is 12.1 Å². The molecule has 164 valence electrons. The van der Waals surface area contributed by atoms with Gasteiger partial charge < -0.3 is 20.3 Å². The third-order valence-corrected chi connectivity index (χ3v) is 4.97. The molecular formula is C23H25F3N4O. The number of nitrogens with one attached hydrogen (secondary N) is 2. The summed E-state index contributed by atoms with van der Waals surface area (Å²) in [5.41, 5.74) is 0.917. The summed E-state index contributed by atoms with van der Waals surface area (Å²) in [7, 11) is 3.35.